The van der Waals surface area contributed by atoms with Crippen LogP contribution in [0.2, 0.25) is 0 Å². The molecule has 4 heterocycles. The van der Waals surface area contributed by atoms with Gasteiger partial charge in [0.2, 0.25) is 0 Å². The quantitative estimate of drug-likeness (QED) is 0.435. The molecule has 1 aliphatic carbocycles. The Balaban J connectivity index is 1.44. The van der Waals surface area contributed by atoms with Crippen LogP contribution in [0.5, 0.6) is 0 Å². The van der Waals surface area contributed by atoms with Crippen LogP contribution in [0.15, 0.2) is 60.9 Å². The predicted octanol–water partition coefficient (Wildman–Crippen LogP) is 4.98. The Labute approximate surface area is 198 Å². The number of nitrogens with zero attached hydrogens (tertiary/aromatic N) is 5. The Morgan fingerprint density at radius 2 is 1.85 bits per heavy atom. The van der Waals surface area contributed by atoms with E-state index in [9.17, 15) is 4.79 Å². The minimum absolute atomic E-state index is 0.0202. The molecule has 2 aliphatic rings. The van der Waals surface area contributed by atoms with Gasteiger partial charge in [-0.15, -0.1) is 0 Å². The van der Waals surface area contributed by atoms with Gasteiger partial charge in [-0.3, -0.25) is 9.78 Å². The first-order chi connectivity index (χ1) is 16.7. The number of hydrogen-bond acceptors (Lipinski definition) is 5. The third kappa shape index (κ3) is 3.77. The molecule has 1 aromatic carbocycles. The lowest BCUT2D eigenvalue weighted by atomic mass is 10.0. The Kier molecular flexibility index (Phi) is 5.17. The number of hydrogen-bond donors (Lipinski definition) is 1. The zero-order valence-electron chi connectivity index (χ0n) is 18.9. The smallest absolute Gasteiger partial charge is 0.254 e. The molecule has 1 N–H and O–H groups in total. The lowest BCUT2D eigenvalue weighted by Crippen LogP contribution is -2.44. The van der Waals surface area contributed by atoms with E-state index >= 15 is 0 Å². The second-order valence-corrected chi connectivity index (χ2v) is 9.17. The molecule has 4 aromatic rings. The summed E-state index contributed by atoms with van der Waals surface area (Å²) in [5.74, 6) is 0.384. The zero-order valence-corrected chi connectivity index (χ0v) is 18.9. The van der Waals surface area contributed by atoms with Crippen LogP contribution in [0.1, 0.15) is 54.1 Å². The van der Waals surface area contributed by atoms with Gasteiger partial charge in [0.15, 0.2) is 5.65 Å². The molecule has 6 rings (SSSR count). The molecular formula is C27H26N6O. The first kappa shape index (κ1) is 20.7. The number of benzene rings is 1. The number of carbonyl (C=O) groups is 1. The van der Waals surface area contributed by atoms with Crippen molar-refractivity contribution in [2.75, 3.05) is 6.54 Å². The zero-order chi connectivity index (χ0) is 23.1. The molecule has 0 spiro atoms. The molecule has 34 heavy (non-hydrogen) atoms. The van der Waals surface area contributed by atoms with Gasteiger partial charge in [0.05, 0.1) is 29.2 Å². The van der Waals surface area contributed by atoms with Crippen molar-refractivity contribution in [3.8, 4) is 22.5 Å². The van der Waals surface area contributed by atoms with Gasteiger partial charge in [0.1, 0.15) is 0 Å². The van der Waals surface area contributed by atoms with Crippen molar-refractivity contribution < 1.29 is 4.79 Å². The molecule has 0 unspecified atom stereocenters. The van der Waals surface area contributed by atoms with Crippen LogP contribution >= 0.6 is 0 Å². The average molecular weight is 451 g/mol. The molecule has 1 atom stereocenters. The first-order valence-corrected chi connectivity index (χ1v) is 11.9. The number of amides is 1. The number of fused-ring (bicyclic) bond motifs is 1. The summed E-state index contributed by atoms with van der Waals surface area (Å²) < 4.78 is 1.75. The molecule has 2 fully saturated rings. The third-order valence-corrected chi connectivity index (χ3v) is 6.80. The summed E-state index contributed by atoms with van der Waals surface area (Å²) in [7, 11) is 0. The fourth-order valence-corrected chi connectivity index (χ4v) is 4.77. The van der Waals surface area contributed by atoms with E-state index in [1.807, 2.05) is 59.6 Å². The van der Waals surface area contributed by atoms with Crippen molar-refractivity contribution in [1.29, 1.82) is 5.41 Å². The molecule has 7 heteroatoms. The molecule has 7 nitrogen and oxygen atoms in total. The lowest BCUT2D eigenvalue weighted by molar-refractivity contribution is 0.0683. The number of rotatable bonds is 5. The van der Waals surface area contributed by atoms with Gasteiger partial charge in [-0.05, 0) is 50.3 Å². The van der Waals surface area contributed by atoms with Crippen molar-refractivity contribution in [2.24, 2.45) is 0 Å². The number of aromatic nitrogens is 4. The van der Waals surface area contributed by atoms with E-state index in [0.29, 0.717) is 18.0 Å². The highest BCUT2D eigenvalue weighted by Crippen LogP contribution is 2.40. The van der Waals surface area contributed by atoms with Crippen molar-refractivity contribution >= 4 is 17.8 Å². The second kappa shape index (κ2) is 8.48. The van der Waals surface area contributed by atoms with Gasteiger partial charge in [0.25, 0.3) is 5.91 Å². The molecule has 1 saturated heterocycles. The lowest BCUT2D eigenvalue weighted by Gasteiger charge is -2.33. The molecule has 170 valence electrons. The van der Waals surface area contributed by atoms with Crippen molar-refractivity contribution in [3.63, 3.8) is 0 Å². The van der Waals surface area contributed by atoms with Crippen LogP contribution in [-0.2, 0) is 0 Å². The van der Waals surface area contributed by atoms with Crippen LogP contribution in [-0.4, -0.2) is 49.2 Å². The summed E-state index contributed by atoms with van der Waals surface area (Å²) in [6.07, 6.45) is 10.2. The summed E-state index contributed by atoms with van der Waals surface area (Å²) in [6, 6.07) is 15.7. The second-order valence-electron chi connectivity index (χ2n) is 9.17. The van der Waals surface area contributed by atoms with E-state index in [0.717, 1.165) is 66.0 Å². The molecule has 1 aliphatic heterocycles. The van der Waals surface area contributed by atoms with Gasteiger partial charge in [-0.25, -0.2) is 9.50 Å². The van der Waals surface area contributed by atoms with Crippen LogP contribution in [0.4, 0.5) is 0 Å². The Bertz CT molecular complexity index is 1370. The molecule has 1 amide bonds. The van der Waals surface area contributed by atoms with Gasteiger partial charge < -0.3 is 10.3 Å². The van der Waals surface area contributed by atoms with E-state index in [1.165, 1.54) is 6.21 Å². The van der Waals surface area contributed by atoms with Gasteiger partial charge in [-0.1, -0.05) is 30.3 Å². The van der Waals surface area contributed by atoms with Crippen molar-refractivity contribution in [1.82, 2.24) is 24.5 Å². The fourth-order valence-electron chi connectivity index (χ4n) is 4.77. The Morgan fingerprint density at radius 3 is 2.65 bits per heavy atom. The maximum absolute atomic E-state index is 13.5. The topological polar surface area (TPSA) is 87.2 Å². The van der Waals surface area contributed by atoms with Gasteiger partial charge >= 0.3 is 0 Å². The highest BCUT2D eigenvalue weighted by Gasteiger charge is 2.30. The largest absolute Gasteiger partial charge is 0.331 e. The molecule has 1 saturated carbocycles. The number of carbonyl (C=O) groups excluding carboxylic acids is 1. The van der Waals surface area contributed by atoms with Gasteiger partial charge in [-0.2, -0.15) is 5.10 Å². The van der Waals surface area contributed by atoms with Gasteiger partial charge in [0, 0.05) is 41.7 Å². The number of pyridine rings is 1. The predicted molar refractivity (Wildman–Crippen MR) is 131 cm³/mol. The van der Waals surface area contributed by atoms with E-state index in [2.05, 4.69) is 5.10 Å². The van der Waals surface area contributed by atoms with E-state index in [-0.39, 0.29) is 11.9 Å². The molecule has 3 aromatic heterocycles. The number of nitrogens with one attached hydrogen (secondary N) is 1. The minimum atomic E-state index is -0.130. The van der Waals surface area contributed by atoms with Crippen LogP contribution in [0.25, 0.3) is 28.2 Å². The monoisotopic (exact) mass is 450 g/mol. The normalized spacial score (nSPS) is 18.2. The summed E-state index contributed by atoms with van der Waals surface area (Å²) in [4.78, 5) is 25.2. The number of likely N-dealkylation sites (tertiary alicyclic amines) is 1. The highest BCUT2D eigenvalue weighted by atomic mass is 16.2. The van der Waals surface area contributed by atoms with Crippen LogP contribution in [0.3, 0.4) is 0 Å². The summed E-state index contributed by atoms with van der Waals surface area (Å²) in [6.45, 7) is 0.688. The summed E-state index contributed by atoms with van der Waals surface area (Å²) in [5, 5.41) is 12.3. The van der Waals surface area contributed by atoms with Crippen molar-refractivity contribution in [2.45, 2.75) is 44.1 Å². The van der Waals surface area contributed by atoms with Crippen LogP contribution in [0, 0.1) is 5.41 Å². The fraction of sp³-hybridized carbons (Fsp3) is 0.296. The minimum Gasteiger partial charge on any atom is -0.331 e. The highest BCUT2D eigenvalue weighted by molar-refractivity contribution is 5.97. The average Bonchev–Trinajstić information content (AvgIpc) is 3.67. The van der Waals surface area contributed by atoms with Crippen molar-refractivity contribution in [3.05, 3.63) is 72.2 Å². The summed E-state index contributed by atoms with van der Waals surface area (Å²) >= 11 is 0. The van der Waals surface area contributed by atoms with E-state index in [4.69, 9.17) is 15.4 Å². The Morgan fingerprint density at radius 1 is 1.00 bits per heavy atom. The standard InChI is InChI=1S/C27H26N6O/c28-16-21-8-4-5-12-32(21)27(34)20-14-24(19-9-10-19)30-25(15-20)22-17-29-33-13-11-23(31-26(22)33)18-6-2-1-3-7-18/h1-3,6-7,11,13-17,19,21,28H,4-5,8-10,12H2/t21-/m1/s1. The maximum Gasteiger partial charge on any atom is 0.254 e. The third-order valence-electron chi connectivity index (χ3n) is 6.80. The Hall–Kier alpha value is -3.87. The van der Waals surface area contributed by atoms with E-state index < -0.39 is 0 Å². The van der Waals surface area contributed by atoms with E-state index in [1.54, 1.807) is 10.7 Å². The van der Waals surface area contributed by atoms with Crippen LogP contribution < -0.4 is 0 Å². The molecular weight excluding hydrogens is 424 g/mol. The molecule has 0 radical (unpaired) electrons. The first-order valence-electron chi connectivity index (χ1n) is 11.9. The molecule has 0 bridgehead atoms. The SMILES string of the molecule is N=C[C@H]1CCCCN1C(=O)c1cc(-c2cnn3ccc(-c4ccccc4)nc23)nc(C2CC2)c1. The maximum atomic E-state index is 13.5. The number of piperidine rings is 1. The summed E-state index contributed by atoms with van der Waals surface area (Å²) in [5.41, 5.74) is 5.76.